The molecule has 1 fully saturated rings. The highest BCUT2D eigenvalue weighted by Crippen LogP contribution is 2.32. The molecule has 1 aliphatic heterocycles. The Kier molecular flexibility index (Phi) is 6.32. The molecule has 4 rings (SSSR count). The molecule has 0 spiro atoms. The highest BCUT2D eigenvalue weighted by atomic mass is 35.5. The summed E-state index contributed by atoms with van der Waals surface area (Å²) in [5.74, 6) is 0.964. The van der Waals surface area contributed by atoms with Gasteiger partial charge in [0.05, 0.1) is 25.2 Å². The minimum absolute atomic E-state index is 0. The normalized spacial score (nSPS) is 17.7. The molecule has 7 heteroatoms. The predicted octanol–water partition coefficient (Wildman–Crippen LogP) is 3.51. The maximum absolute atomic E-state index is 5.59. The van der Waals surface area contributed by atoms with Crippen LogP contribution < -0.4 is 10.1 Å². The van der Waals surface area contributed by atoms with Crippen molar-refractivity contribution in [3.63, 3.8) is 0 Å². The molecule has 138 valence electrons. The maximum atomic E-state index is 5.59. The molecule has 1 aromatic carbocycles. The second-order valence-electron chi connectivity index (χ2n) is 6.17. The average molecular weight is 391 g/mol. The maximum Gasteiger partial charge on any atom is 0.123 e. The molecule has 1 unspecified atom stereocenters. The number of thiophene rings is 1. The van der Waals surface area contributed by atoms with Gasteiger partial charge in [-0.05, 0) is 12.1 Å². The van der Waals surface area contributed by atoms with Gasteiger partial charge in [-0.3, -0.25) is 4.90 Å². The fourth-order valence-corrected chi connectivity index (χ4v) is 4.27. The molecule has 1 saturated heterocycles. The van der Waals surface area contributed by atoms with Crippen LogP contribution in [0, 0.1) is 0 Å². The number of benzene rings is 1. The zero-order chi connectivity index (χ0) is 17.1. The van der Waals surface area contributed by atoms with Gasteiger partial charge in [0.25, 0.3) is 0 Å². The van der Waals surface area contributed by atoms with Crippen LogP contribution in [0.2, 0.25) is 0 Å². The van der Waals surface area contributed by atoms with Crippen LogP contribution in [-0.2, 0) is 6.54 Å². The monoisotopic (exact) mass is 390 g/mol. The molecule has 0 radical (unpaired) electrons. The Morgan fingerprint density at radius 3 is 3.04 bits per heavy atom. The lowest BCUT2D eigenvalue weighted by atomic mass is 10.0. The molecule has 1 atom stereocenters. The molecule has 26 heavy (non-hydrogen) atoms. The average Bonchev–Trinajstić information content (AvgIpc) is 3.34. The van der Waals surface area contributed by atoms with E-state index in [4.69, 9.17) is 4.74 Å². The van der Waals surface area contributed by atoms with Crippen molar-refractivity contribution in [2.75, 3.05) is 26.7 Å². The van der Waals surface area contributed by atoms with Crippen LogP contribution in [0.1, 0.15) is 16.5 Å². The summed E-state index contributed by atoms with van der Waals surface area (Å²) in [6, 6.07) is 10.9. The first kappa shape index (κ1) is 18.9. The van der Waals surface area contributed by atoms with E-state index in [-0.39, 0.29) is 12.4 Å². The number of para-hydroxylation sites is 1. The number of halogens is 1. The van der Waals surface area contributed by atoms with Crippen molar-refractivity contribution in [2.24, 2.45) is 0 Å². The van der Waals surface area contributed by atoms with E-state index < -0.39 is 0 Å². The van der Waals surface area contributed by atoms with Gasteiger partial charge in [0.1, 0.15) is 5.75 Å². The van der Waals surface area contributed by atoms with Gasteiger partial charge in [0, 0.05) is 54.4 Å². The number of imidazole rings is 1. The van der Waals surface area contributed by atoms with Crippen molar-refractivity contribution in [1.82, 2.24) is 19.8 Å². The van der Waals surface area contributed by atoms with E-state index in [0.29, 0.717) is 6.04 Å². The predicted molar refractivity (Wildman–Crippen MR) is 108 cm³/mol. The van der Waals surface area contributed by atoms with Crippen LogP contribution in [-0.4, -0.2) is 41.2 Å². The summed E-state index contributed by atoms with van der Waals surface area (Å²) in [6.45, 7) is 3.94. The number of aromatic nitrogens is 2. The summed E-state index contributed by atoms with van der Waals surface area (Å²) in [5, 5.41) is 5.71. The van der Waals surface area contributed by atoms with Crippen LogP contribution in [0.15, 0.2) is 54.4 Å². The van der Waals surface area contributed by atoms with E-state index in [1.807, 2.05) is 30.9 Å². The summed E-state index contributed by atoms with van der Waals surface area (Å²) in [6.07, 6.45) is 5.63. The van der Waals surface area contributed by atoms with E-state index in [1.165, 1.54) is 16.1 Å². The first-order valence-corrected chi connectivity index (χ1v) is 9.36. The molecular weight excluding hydrogens is 368 g/mol. The summed E-state index contributed by atoms with van der Waals surface area (Å²) in [7, 11) is 1.75. The van der Waals surface area contributed by atoms with Gasteiger partial charge in [-0.1, -0.05) is 18.2 Å². The minimum atomic E-state index is 0. The van der Waals surface area contributed by atoms with E-state index >= 15 is 0 Å². The van der Waals surface area contributed by atoms with Crippen LogP contribution >= 0.6 is 23.7 Å². The van der Waals surface area contributed by atoms with E-state index in [2.05, 4.69) is 43.3 Å². The van der Waals surface area contributed by atoms with Crippen molar-refractivity contribution in [2.45, 2.75) is 12.6 Å². The summed E-state index contributed by atoms with van der Waals surface area (Å²) in [4.78, 5) is 8.04. The fourth-order valence-electron chi connectivity index (χ4n) is 3.38. The van der Waals surface area contributed by atoms with Crippen molar-refractivity contribution in [3.8, 4) is 11.4 Å². The lowest BCUT2D eigenvalue weighted by molar-refractivity contribution is 0.152. The van der Waals surface area contributed by atoms with Gasteiger partial charge in [-0.15, -0.1) is 23.7 Å². The number of nitrogens with zero attached hydrogens (tertiary/aromatic N) is 3. The molecule has 0 amide bonds. The number of hydrogen-bond donors (Lipinski definition) is 1. The van der Waals surface area contributed by atoms with Gasteiger partial charge >= 0.3 is 0 Å². The molecule has 1 N–H and O–H groups in total. The minimum Gasteiger partial charge on any atom is -0.496 e. The molecule has 1 aliphatic rings. The van der Waals surface area contributed by atoms with Crippen molar-refractivity contribution in [1.29, 1.82) is 0 Å². The number of hydrogen-bond acceptors (Lipinski definition) is 5. The Bertz CT molecular complexity index is 821. The quantitative estimate of drug-likeness (QED) is 0.723. The first-order valence-electron chi connectivity index (χ1n) is 8.48. The van der Waals surface area contributed by atoms with Gasteiger partial charge in [-0.2, -0.15) is 0 Å². The molecule has 2 aromatic heterocycles. The van der Waals surface area contributed by atoms with Crippen LogP contribution in [0.25, 0.3) is 5.69 Å². The lowest BCUT2D eigenvalue weighted by Crippen LogP contribution is -2.45. The topological polar surface area (TPSA) is 42.3 Å². The smallest absolute Gasteiger partial charge is 0.123 e. The molecular formula is C19H23ClN4OS. The van der Waals surface area contributed by atoms with E-state index in [0.717, 1.165) is 31.9 Å². The Balaban J connectivity index is 0.00000196. The third-order valence-corrected chi connectivity index (χ3v) is 5.56. The van der Waals surface area contributed by atoms with Crippen molar-refractivity contribution >= 4 is 23.7 Å². The van der Waals surface area contributed by atoms with E-state index in [9.17, 15) is 0 Å². The third kappa shape index (κ3) is 3.94. The van der Waals surface area contributed by atoms with Gasteiger partial charge < -0.3 is 14.6 Å². The largest absolute Gasteiger partial charge is 0.496 e. The number of piperazine rings is 1. The van der Waals surface area contributed by atoms with Gasteiger partial charge in [0.2, 0.25) is 0 Å². The molecule has 0 aliphatic carbocycles. The summed E-state index contributed by atoms with van der Waals surface area (Å²) >= 11 is 1.81. The van der Waals surface area contributed by atoms with Crippen LogP contribution in [0.3, 0.4) is 0 Å². The Hall–Kier alpha value is -1.86. The molecule has 0 saturated carbocycles. The fraction of sp³-hybridized carbons (Fsp3) is 0.316. The van der Waals surface area contributed by atoms with Crippen molar-refractivity contribution < 1.29 is 4.74 Å². The first-order chi connectivity index (χ1) is 12.3. The molecule has 3 heterocycles. The number of rotatable bonds is 5. The van der Waals surface area contributed by atoms with Crippen LogP contribution in [0.4, 0.5) is 0 Å². The number of ether oxygens (including phenoxy) is 1. The van der Waals surface area contributed by atoms with Crippen molar-refractivity contribution in [3.05, 3.63) is 64.9 Å². The second kappa shape index (κ2) is 8.68. The zero-order valence-electron chi connectivity index (χ0n) is 14.7. The SMILES string of the molecule is COc1ccccc1C1CNCCN1Cc1cc(-n2ccnc2)cs1.Cl. The van der Waals surface area contributed by atoms with Gasteiger partial charge in [0.15, 0.2) is 0 Å². The van der Waals surface area contributed by atoms with Gasteiger partial charge in [-0.25, -0.2) is 4.98 Å². The number of nitrogens with one attached hydrogen (secondary N) is 1. The lowest BCUT2D eigenvalue weighted by Gasteiger charge is -2.36. The highest BCUT2D eigenvalue weighted by Gasteiger charge is 2.26. The summed E-state index contributed by atoms with van der Waals surface area (Å²) in [5.41, 5.74) is 2.44. The Labute approximate surface area is 164 Å². The third-order valence-electron chi connectivity index (χ3n) is 4.65. The Morgan fingerprint density at radius 1 is 1.35 bits per heavy atom. The summed E-state index contributed by atoms with van der Waals surface area (Å²) < 4.78 is 7.64. The zero-order valence-corrected chi connectivity index (χ0v) is 16.3. The van der Waals surface area contributed by atoms with E-state index in [1.54, 1.807) is 18.4 Å². The molecule has 0 bridgehead atoms. The molecule has 3 aromatic rings. The standard InChI is InChI=1S/C19H22N4OS.ClH/c1-24-19-5-3-2-4-17(19)18-11-20-6-8-22(18)12-16-10-15(13-25-16)23-9-7-21-14-23;/h2-5,7,9-10,13-14,18,20H,6,8,11-12H2,1H3;1H. The number of methoxy groups -OCH3 is 1. The second-order valence-corrected chi connectivity index (χ2v) is 7.17. The molecule has 5 nitrogen and oxygen atoms in total. The Morgan fingerprint density at radius 2 is 2.23 bits per heavy atom. The van der Waals surface area contributed by atoms with Crippen LogP contribution in [0.5, 0.6) is 5.75 Å². The highest BCUT2D eigenvalue weighted by molar-refractivity contribution is 7.10.